The number of halogens is 1. The summed E-state index contributed by atoms with van der Waals surface area (Å²) in [6, 6.07) is 11.1. The van der Waals surface area contributed by atoms with Crippen LogP contribution in [0.4, 0.5) is 10.1 Å². The van der Waals surface area contributed by atoms with Crippen LogP contribution >= 0.6 is 0 Å². The maximum Gasteiger partial charge on any atom is 0.278 e. The molecular formula is C21H21FN2O2. The summed E-state index contributed by atoms with van der Waals surface area (Å²) in [4.78, 5) is 27.1. The molecule has 2 amide bonds. The molecule has 3 rings (SSSR count). The van der Waals surface area contributed by atoms with E-state index in [1.807, 2.05) is 32.0 Å². The summed E-state index contributed by atoms with van der Waals surface area (Å²) in [6.07, 6.45) is 0. The molecule has 1 heterocycles. The normalized spacial score (nSPS) is 14.6. The van der Waals surface area contributed by atoms with Gasteiger partial charge in [-0.1, -0.05) is 24.3 Å². The van der Waals surface area contributed by atoms with E-state index >= 15 is 0 Å². The molecule has 1 aliphatic heterocycles. The van der Waals surface area contributed by atoms with E-state index in [-0.39, 0.29) is 29.1 Å². The monoisotopic (exact) mass is 352 g/mol. The Kier molecular flexibility index (Phi) is 4.64. The largest absolute Gasteiger partial charge is 0.350 e. The lowest BCUT2D eigenvalue weighted by molar-refractivity contribution is -0.138. The molecular weight excluding hydrogens is 331 g/mol. The lowest BCUT2D eigenvalue weighted by Gasteiger charge is -2.19. The molecule has 26 heavy (non-hydrogen) atoms. The van der Waals surface area contributed by atoms with Crippen molar-refractivity contribution in [1.82, 2.24) is 4.90 Å². The fourth-order valence-electron chi connectivity index (χ4n) is 3.04. The average molecular weight is 352 g/mol. The molecule has 0 aliphatic carbocycles. The minimum absolute atomic E-state index is 0.226. The fourth-order valence-corrected chi connectivity index (χ4v) is 3.04. The molecule has 0 saturated heterocycles. The molecule has 5 heteroatoms. The summed E-state index contributed by atoms with van der Waals surface area (Å²) in [6.45, 7) is 7.52. The van der Waals surface area contributed by atoms with Crippen LogP contribution in [0.5, 0.6) is 0 Å². The first-order chi connectivity index (χ1) is 12.3. The zero-order chi connectivity index (χ0) is 19.0. The first-order valence-corrected chi connectivity index (χ1v) is 8.52. The van der Waals surface area contributed by atoms with E-state index < -0.39 is 5.82 Å². The molecule has 0 spiro atoms. The van der Waals surface area contributed by atoms with Crippen molar-refractivity contribution in [1.29, 1.82) is 0 Å². The van der Waals surface area contributed by atoms with Crippen molar-refractivity contribution in [2.75, 3.05) is 5.32 Å². The summed E-state index contributed by atoms with van der Waals surface area (Å²) in [5.74, 6) is -1.13. The van der Waals surface area contributed by atoms with Gasteiger partial charge in [-0.15, -0.1) is 0 Å². The molecule has 0 aromatic heterocycles. The van der Waals surface area contributed by atoms with Gasteiger partial charge in [0, 0.05) is 11.7 Å². The third kappa shape index (κ3) is 3.01. The van der Waals surface area contributed by atoms with Gasteiger partial charge in [-0.05, 0) is 62.6 Å². The van der Waals surface area contributed by atoms with Gasteiger partial charge in [-0.25, -0.2) is 4.39 Å². The van der Waals surface area contributed by atoms with Crippen LogP contribution in [0, 0.1) is 19.7 Å². The highest BCUT2D eigenvalue weighted by Crippen LogP contribution is 2.32. The van der Waals surface area contributed by atoms with Crippen LogP contribution in [0.2, 0.25) is 0 Å². The third-order valence-electron chi connectivity index (χ3n) is 4.63. The lowest BCUT2D eigenvalue weighted by Crippen LogP contribution is -2.38. The number of carbonyl (C=O) groups excluding carboxylic acids is 2. The van der Waals surface area contributed by atoms with Gasteiger partial charge in [0.05, 0.1) is 5.57 Å². The number of hydrogen-bond acceptors (Lipinski definition) is 3. The van der Waals surface area contributed by atoms with Crippen LogP contribution < -0.4 is 5.32 Å². The maximum absolute atomic E-state index is 13.3. The Balaban J connectivity index is 2.14. The zero-order valence-corrected chi connectivity index (χ0v) is 15.3. The van der Waals surface area contributed by atoms with Crippen molar-refractivity contribution >= 4 is 23.1 Å². The van der Waals surface area contributed by atoms with Crippen molar-refractivity contribution in [2.45, 2.75) is 33.7 Å². The molecule has 1 N–H and O–H groups in total. The van der Waals surface area contributed by atoms with Crippen LogP contribution in [0.25, 0.3) is 5.57 Å². The van der Waals surface area contributed by atoms with Crippen molar-refractivity contribution < 1.29 is 14.0 Å². The number of hydrogen-bond donors (Lipinski definition) is 1. The first kappa shape index (κ1) is 17.9. The highest BCUT2D eigenvalue weighted by atomic mass is 19.1. The highest BCUT2D eigenvalue weighted by Gasteiger charge is 2.40. The Hall–Kier alpha value is -2.95. The van der Waals surface area contributed by atoms with Crippen LogP contribution in [0.15, 0.2) is 48.2 Å². The van der Waals surface area contributed by atoms with Crippen molar-refractivity contribution in [3.05, 3.63) is 70.7 Å². The quantitative estimate of drug-likeness (QED) is 0.845. The van der Waals surface area contributed by atoms with Gasteiger partial charge in [0.2, 0.25) is 0 Å². The maximum atomic E-state index is 13.3. The predicted octanol–water partition coefficient (Wildman–Crippen LogP) is 4.04. The number of rotatable bonds is 4. The minimum Gasteiger partial charge on any atom is -0.350 e. The van der Waals surface area contributed by atoms with Crippen LogP contribution in [0.1, 0.15) is 30.5 Å². The summed E-state index contributed by atoms with van der Waals surface area (Å²) >= 11 is 0. The second-order valence-corrected chi connectivity index (χ2v) is 6.70. The number of benzene rings is 2. The summed E-state index contributed by atoms with van der Waals surface area (Å²) in [5.41, 5.74) is 3.86. The van der Waals surface area contributed by atoms with Gasteiger partial charge in [-0.3, -0.25) is 14.5 Å². The summed E-state index contributed by atoms with van der Waals surface area (Å²) in [5, 5.41) is 3.15. The van der Waals surface area contributed by atoms with Crippen LogP contribution in [-0.4, -0.2) is 22.8 Å². The molecule has 4 nitrogen and oxygen atoms in total. The molecule has 0 atom stereocenters. The second-order valence-electron chi connectivity index (χ2n) is 6.70. The number of nitrogens with zero attached hydrogens (tertiary/aromatic N) is 1. The van der Waals surface area contributed by atoms with Gasteiger partial charge in [0.1, 0.15) is 11.5 Å². The standard InChI is InChI=1S/C21H21FN2O2/c1-12(2)24-20(25)18(15-8-10-16(22)11-9-15)19(21(24)26)23-17-7-5-6-13(3)14(17)4/h5-12,23H,1-4H3. The molecule has 1 aliphatic rings. The van der Waals surface area contributed by atoms with E-state index in [0.717, 1.165) is 16.8 Å². The minimum atomic E-state index is -0.393. The Morgan fingerprint density at radius 1 is 0.962 bits per heavy atom. The van der Waals surface area contributed by atoms with E-state index in [1.54, 1.807) is 13.8 Å². The van der Waals surface area contributed by atoms with Gasteiger partial charge >= 0.3 is 0 Å². The molecule has 0 saturated carbocycles. The Bertz CT molecular complexity index is 914. The van der Waals surface area contributed by atoms with E-state index in [9.17, 15) is 14.0 Å². The number of imide groups is 1. The molecule has 2 aromatic carbocycles. The average Bonchev–Trinajstić information content (AvgIpc) is 2.83. The lowest BCUT2D eigenvalue weighted by atomic mass is 10.0. The zero-order valence-electron chi connectivity index (χ0n) is 15.3. The number of amides is 2. The van der Waals surface area contributed by atoms with Gasteiger partial charge in [-0.2, -0.15) is 0 Å². The number of anilines is 1. The SMILES string of the molecule is Cc1cccc(NC2=C(c3ccc(F)cc3)C(=O)N(C(C)C)C2=O)c1C. The van der Waals surface area contributed by atoms with Crippen LogP contribution in [-0.2, 0) is 9.59 Å². The fraction of sp³-hybridized carbons (Fsp3) is 0.238. The van der Waals surface area contributed by atoms with Gasteiger partial charge < -0.3 is 5.32 Å². The number of carbonyl (C=O) groups is 2. The molecule has 134 valence electrons. The smallest absolute Gasteiger partial charge is 0.278 e. The number of nitrogens with one attached hydrogen (secondary N) is 1. The van der Waals surface area contributed by atoms with E-state index in [2.05, 4.69) is 5.32 Å². The van der Waals surface area contributed by atoms with Crippen LogP contribution in [0.3, 0.4) is 0 Å². The molecule has 0 fully saturated rings. The first-order valence-electron chi connectivity index (χ1n) is 8.52. The molecule has 0 unspecified atom stereocenters. The second kappa shape index (κ2) is 6.75. The Morgan fingerprint density at radius 2 is 1.62 bits per heavy atom. The summed E-state index contributed by atoms with van der Waals surface area (Å²) in [7, 11) is 0. The molecule has 2 aromatic rings. The van der Waals surface area contributed by atoms with Gasteiger partial charge in [0.15, 0.2) is 0 Å². The number of aryl methyl sites for hydroxylation is 1. The third-order valence-corrected chi connectivity index (χ3v) is 4.63. The van der Waals surface area contributed by atoms with E-state index in [0.29, 0.717) is 5.56 Å². The highest BCUT2D eigenvalue weighted by molar-refractivity contribution is 6.36. The van der Waals surface area contributed by atoms with Gasteiger partial charge in [0.25, 0.3) is 11.8 Å². The summed E-state index contributed by atoms with van der Waals surface area (Å²) < 4.78 is 13.3. The van der Waals surface area contributed by atoms with E-state index in [1.165, 1.54) is 29.2 Å². The van der Waals surface area contributed by atoms with Crippen molar-refractivity contribution in [3.8, 4) is 0 Å². The predicted molar refractivity (Wildman–Crippen MR) is 99.8 cm³/mol. The molecule has 0 bridgehead atoms. The van der Waals surface area contributed by atoms with Crippen molar-refractivity contribution in [3.63, 3.8) is 0 Å². The topological polar surface area (TPSA) is 49.4 Å². The molecule has 0 radical (unpaired) electrons. The Labute approximate surface area is 152 Å². The van der Waals surface area contributed by atoms with E-state index in [4.69, 9.17) is 0 Å². The van der Waals surface area contributed by atoms with Crippen molar-refractivity contribution in [2.24, 2.45) is 0 Å². The Morgan fingerprint density at radius 3 is 2.23 bits per heavy atom.